The summed E-state index contributed by atoms with van der Waals surface area (Å²) >= 11 is 0. The van der Waals surface area contributed by atoms with Crippen LogP contribution in [0.4, 0.5) is 0 Å². The molecule has 0 bridgehead atoms. The topological polar surface area (TPSA) is 44.0 Å². The van der Waals surface area contributed by atoms with E-state index in [1.165, 1.54) is 31.6 Å². The number of aromatic amines is 1. The van der Waals surface area contributed by atoms with Crippen LogP contribution in [-0.4, -0.2) is 41.5 Å². The molecule has 4 nitrogen and oxygen atoms in total. The molecule has 1 aliphatic heterocycles. The first-order chi connectivity index (χ1) is 7.38. The van der Waals surface area contributed by atoms with E-state index in [4.69, 9.17) is 0 Å². The molecular weight excluding hydrogens is 188 g/mol. The Labute approximate surface area is 91.1 Å². The molecule has 0 aromatic carbocycles. The number of aromatic nitrogens is 2. The monoisotopic (exact) mass is 208 g/mol. The highest BCUT2D eigenvalue weighted by molar-refractivity contribution is 4.94. The highest BCUT2D eigenvalue weighted by Gasteiger charge is 2.18. The molecule has 0 unspecified atom stereocenters. The molecule has 0 atom stereocenters. The van der Waals surface area contributed by atoms with E-state index in [-0.39, 0.29) is 0 Å². The van der Waals surface area contributed by atoms with Crippen molar-refractivity contribution in [3.05, 3.63) is 18.2 Å². The van der Waals surface area contributed by atoms with Crippen LogP contribution in [-0.2, 0) is 6.54 Å². The molecule has 0 saturated carbocycles. The van der Waals surface area contributed by atoms with Gasteiger partial charge in [0.15, 0.2) is 0 Å². The summed E-state index contributed by atoms with van der Waals surface area (Å²) in [5, 5.41) is 3.26. The zero-order chi connectivity index (χ0) is 10.5. The molecule has 15 heavy (non-hydrogen) atoms. The van der Waals surface area contributed by atoms with Gasteiger partial charge in [0, 0.05) is 18.4 Å². The van der Waals surface area contributed by atoms with Gasteiger partial charge in [0.1, 0.15) is 0 Å². The third kappa shape index (κ3) is 3.04. The molecule has 1 aromatic heterocycles. The van der Waals surface area contributed by atoms with Crippen LogP contribution in [0, 0.1) is 5.92 Å². The predicted molar refractivity (Wildman–Crippen MR) is 60.5 cm³/mol. The molecule has 1 aliphatic rings. The molecule has 2 heterocycles. The minimum absolute atomic E-state index is 0.869. The summed E-state index contributed by atoms with van der Waals surface area (Å²) in [5.41, 5.74) is 1.22. The van der Waals surface area contributed by atoms with E-state index in [0.29, 0.717) is 0 Å². The summed E-state index contributed by atoms with van der Waals surface area (Å²) in [6.45, 7) is 4.61. The second-order valence-electron chi connectivity index (χ2n) is 4.35. The molecule has 1 aromatic rings. The fourth-order valence-electron chi connectivity index (χ4n) is 2.25. The van der Waals surface area contributed by atoms with Gasteiger partial charge in [0.25, 0.3) is 0 Å². The lowest BCUT2D eigenvalue weighted by atomic mass is 9.97. The number of rotatable bonds is 4. The van der Waals surface area contributed by atoms with E-state index in [1.807, 2.05) is 13.2 Å². The Hall–Kier alpha value is -0.870. The molecule has 0 amide bonds. The van der Waals surface area contributed by atoms with E-state index >= 15 is 0 Å². The quantitative estimate of drug-likeness (QED) is 0.770. The number of nitrogens with zero attached hydrogens (tertiary/aromatic N) is 2. The summed E-state index contributed by atoms with van der Waals surface area (Å²) in [6.07, 6.45) is 6.30. The van der Waals surface area contributed by atoms with Crippen LogP contribution in [0.3, 0.4) is 0 Å². The van der Waals surface area contributed by atoms with Gasteiger partial charge in [-0.25, -0.2) is 4.98 Å². The lowest BCUT2D eigenvalue weighted by Gasteiger charge is -2.31. The molecule has 2 N–H and O–H groups in total. The van der Waals surface area contributed by atoms with Gasteiger partial charge in [-0.3, -0.25) is 4.90 Å². The standard InChI is InChI=1S/C11H20N4/c1-12-6-10-2-4-15(5-3-10)8-11-7-13-9-14-11/h7,9-10,12H,2-6,8H2,1H3,(H,13,14). The largest absolute Gasteiger partial charge is 0.347 e. The van der Waals surface area contributed by atoms with Gasteiger partial charge in [-0.15, -0.1) is 0 Å². The first-order valence-corrected chi connectivity index (χ1v) is 5.72. The second-order valence-corrected chi connectivity index (χ2v) is 4.35. The van der Waals surface area contributed by atoms with Crippen LogP contribution in [0.2, 0.25) is 0 Å². The number of H-pyrrole nitrogens is 1. The molecule has 84 valence electrons. The third-order valence-corrected chi connectivity index (χ3v) is 3.15. The van der Waals surface area contributed by atoms with Crippen molar-refractivity contribution in [3.63, 3.8) is 0 Å². The van der Waals surface area contributed by atoms with E-state index in [0.717, 1.165) is 19.0 Å². The minimum Gasteiger partial charge on any atom is -0.347 e. The molecule has 1 saturated heterocycles. The SMILES string of the molecule is CNCC1CCN(Cc2cnc[nH]2)CC1. The van der Waals surface area contributed by atoms with Gasteiger partial charge < -0.3 is 10.3 Å². The molecule has 0 radical (unpaired) electrons. The molecule has 2 rings (SSSR count). The van der Waals surface area contributed by atoms with Crippen molar-refractivity contribution in [2.24, 2.45) is 5.92 Å². The number of imidazole rings is 1. The molecule has 1 fully saturated rings. The van der Waals surface area contributed by atoms with Gasteiger partial charge in [-0.1, -0.05) is 0 Å². The molecule has 0 aliphatic carbocycles. The molecule has 4 heteroatoms. The Balaban J connectivity index is 1.74. The maximum atomic E-state index is 4.04. The molecule has 0 spiro atoms. The smallest absolute Gasteiger partial charge is 0.0922 e. The van der Waals surface area contributed by atoms with Crippen LogP contribution < -0.4 is 5.32 Å². The predicted octanol–water partition coefficient (Wildman–Crippen LogP) is 0.841. The highest BCUT2D eigenvalue weighted by Crippen LogP contribution is 2.17. The van der Waals surface area contributed by atoms with Gasteiger partial charge >= 0.3 is 0 Å². The Kier molecular flexibility index (Phi) is 3.75. The maximum Gasteiger partial charge on any atom is 0.0922 e. The third-order valence-electron chi connectivity index (χ3n) is 3.15. The number of likely N-dealkylation sites (tertiary alicyclic amines) is 1. The van der Waals surface area contributed by atoms with Gasteiger partial charge in [-0.05, 0) is 45.4 Å². The maximum absolute atomic E-state index is 4.04. The Bertz CT molecular complexity index is 262. The number of hydrogen-bond acceptors (Lipinski definition) is 3. The van der Waals surface area contributed by atoms with Gasteiger partial charge in [0.05, 0.1) is 6.33 Å². The van der Waals surface area contributed by atoms with Crippen molar-refractivity contribution in [3.8, 4) is 0 Å². The van der Waals surface area contributed by atoms with Crippen LogP contribution >= 0.6 is 0 Å². The van der Waals surface area contributed by atoms with E-state index in [2.05, 4.69) is 20.2 Å². The Morgan fingerprint density at radius 2 is 2.33 bits per heavy atom. The summed E-state index contributed by atoms with van der Waals surface area (Å²) < 4.78 is 0. The van der Waals surface area contributed by atoms with Crippen LogP contribution in [0.1, 0.15) is 18.5 Å². The zero-order valence-corrected chi connectivity index (χ0v) is 9.37. The number of hydrogen-bond donors (Lipinski definition) is 2. The minimum atomic E-state index is 0.869. The first-order valence-electron chi connectivity index (χ1n) is 5.72. The Morgan fingerprint density at radius 3 is 2.93 bits per heavy atom. The van der Waals surface area contributed by atoms with Gasteiger partial charge in [0.2, 0.25) is 0 Å². The van der Waals surface area contributed by atoms with Crippen molar-refractivity contribution >= 4 is 0 Å². The average Bonchev–Trinajstić information content (AvgIpc) is 2.74. The Morgan fingerprint density at radius 1 is 1.53 bits per heavy atom. The van der Waals surface area contributed by atoms with Crippen molar-refractivity contribution in [1.29, 1.82) is 0 Å². The number of nitrogens with one attached hydrogen (secondary N) is 2. The summed E-state index contributed by atoms with van der Waals surface area (Å²) in [6, 6.07) is 0. The zero-order valence-electron chi connectivity index (χ0n) is 9.37. The fourth-order valence-corrected chi connectivity index (χ4v) is 2.25. The number of piperidine rings is 1. The highest BCUT2D eigenvalue weighted by atomic mass is 15.1. The van der Waals surface area contributed by atoms with E-state index in [9.17, 15) is 0 Å². The first kappa shape index (κ1) is 10.6. The van der Waals surface area contributed by atoms with E-state index < -0.39 is 0 Å². The lowest BCUT2D eigenvalue weighted by Crippen LogP contribution is -2.36. The van der Waals surface area contributed by atoms with Crippen molar-refractivity contribution < 1.29 is 0 Å². The van der Waals surface area contributed by atoms with E-state index in [1.54, 1.807) is 6.33 Å². The van der Waals surface area contributed by atoms with Crippen LogP contribution in [0.5, 0.6) is 0 Å². The normalized spacial score (nSPS) is 19.5. The van der Waals surface area contributed by atoms with Crippen molar-refractivity contribution in [1.82, 2.24) is 20.2 Å². The summed E-state index contributed by atoms with van der Waals surface area (Å²) in [4.78, 5) is 9.70. The van der Waals surface area contributed by atoms with Gasteiger partial charge in [-0.2, -0.15) is 0 Å². The summed E-state index contributed by atoms with van der Waals surface area (Å²) in [5.74, 6) is 0.869. The second kappa shape index (κ2) is 5.28. The lowest BCUT2D eigenvalue weighted by molar-refractivity contribution is 0.175. The summed E-state index contributed by atoms with van der Waals surface area (Å²) in [7, 11) is 2.04. The van der Waals surface area contributed by atoms with Crippen LogP contribution in [0.15, 0.2) is 12.5 Å². The van der Waals surface area contributed by atoms with Crippen molar-refractivity contribution in [2.45, 2.75) is 19.4 Å². The fraction of sp³-hybridized carbons (Fsp3) is 0.727. The van der Waals surface area contributed by atoms with Crippen molar-refractivity contribution in [2.75, 3.05) is 26.7 Å². The average molecular weight is 208 g/mol. The molecular formula is C11H20N4. The van der Waals surface area contributed by atoms with Crippen LogP contribution in [0.25, 0.3) is 0 Å².